The topological polar surface area (TPSA) is 43.4 Å². The zero-order valence-corrected chi connectivity index (χ0v) is 10.6. The summed E-state index contributed by atoms with van der Waals surface area (Å²) in [6.45, 7) is 0.487. The van der Waals surface area contributed by atoms with Crippen LogP contribution < -0.4 is 0 Å². The predicted octanol–water partition coefficient (Wildman–Crippen LogP) is 2.90. The second-order valence-corrected chi connectivity index (χ2v) is 4.15. The largest absolute Gasteiger partial charge is 0.380 e. The van der Waals surface area contributed by atoms with Crippen molar-refractivity contribution in [1.29, 1.82) is 0 Å². The van der Waals surface area contributed by atoms with Crippen LogP contribution in [0.15, 0.2) is 54.6 Å². The van der Waals surface area contributed by atoms with E-state index >= 15 is 0 Å². The molecule has 2 rings (SSSR count). The Labute approximate surface area is 111 Å². The molecule has 3 heteroatoms. The van der Waals surface area contributed by atoms with Crippen LogP contribution in [0, 0.1) is 0 Å². The van der Waals surface area contributed by atoms with Gasteiger partial charge in [0.25, 0.3) is 0 Å². The van der Waals surface area contributed by atoms with Crippen LogP contribution in [0.1, 0.15) is 26.3 Å². The highest BCUT2D eigenvalue weighted by molar-refractivity contribution is 6.49. The monoisotopic (exact) mass is 254 g/mol. The Bertz CT molecular complexity index is 571. The first-order chi connectivity index (χ1) is 9.22. The van der Waals surface area contributed by atoms with Crippen molar-refractivity contribution in [2.45, 2.75) is 6.61 Å². The van der Waals surface area contributed by atoms with Crippen LogP contribution in [-0.2, 0) is 11.3 Å². The minimum Gasteiger partial charge on any atom is -0.380 e. The zero-order chi connectivity index (χ0) is 13.7. The quantitative estimate of drug-likeness (QED) is 0.608. The van der Waals surface area contributed by atoms with Crippen LogP contribution in [-0.4, -0.2) is 18.7 Å². The maximum Gasteiger partial charge on any atom is 0.233 e. The molecule has 0 saturated heterocycles. The zero-order valence-electron chi connectivity index (χ0n) is 10.6. The summed E-state index contributed by atoms with van der Waals surface area (Å²) >= 11 is 0. The van der Waals surface area contributed by atoms with Crippen molar-refractivity contribution in [2.24, 2.45) is 0 Å². The van der Waals surface area contributed by atoms with E-state index in [0.717, 1.165) is 5.56 Å². The van der Waals surface area contributed by atoms with Gasteiger partial charge in [-0.15, -0.1) is 0 Å². The number of methoxy groups -OCH3 is 1. The third-order valence-electron chi connectivity index (χ3n) is 2.77. The normalized spacial score (nSPS) is 10.2. The highest BCUT2D eigenvalue weighted by atomic mass is 16.5. The summed E-state index contributed by atoms with van der Waals surface area (Å²) in [4.78, 5) is 24.0. The molecular formula is C16H14O3. The minimum atomic E-state index is -0.491. The summed E-state index contributed by atoms with van der Waals surface area (Å²) in [5.41, 5.74) is 1.77. The van der Waals surface area contributed by atoms with Gasteiger partial charge in [0.15, 0.2) is 0 Å². The van der Waals surface area contributed by atoms with Gasteiger partial charge in [0, 0.05) is 18.2 Å². The van der Waals surface area contributed by atoms with E-state index in [-0.39, 0.29) is 0 Å². The summed E-state index contributed by atoms with van der Waals surface area (Å²) in [6.07, 6.45) is 0. The fourth-order valence-corrected chi connectivity index (χ4v) is 1.77. The number of benzene rings is 2. The van der Waals surface area contributed by atoms with Crippen LogP contribution in [0.3, 0.4) is 0 Å². The maximum absolute atomic E-state index is 12.0. The lowest BCUT2D eigenvalue weighted by molar-refractivity contribution is 0.0817. The second-order valence-electron chi connectivity index (χ2n) is 4.15. The molecule has 2 aromatic carbocycles. The van der Waals surface area contributed by atoms with Crippen molar-refractivity contribution >= 4 is 11.6 Å². The highest BCUT2D eigenvalue weighted by Gasteiger charge is 2.17. The molecule has 96 valence electrons. The van der Waals surface area contributed by atoms with E-state index < -0.39 is 11.6 Å². The van der Waals surface area contributed by atoms with Crippen LogP contribution in [0.25, 0.3) is 0 Å². The molecule has 0 aliphatic rings. The number of ether oxygens (including phenoxy) is 1. The van der Waals surface area contributed by atoms with Crippen molar-refractivity contribution < 1.29 is 14.3 Å². The molecule has 0 atom stereocenters. The van der Waals surface area contributed by atoms with Gasteiger partial charge >= 0.3 is 0 Å². The number of hydrogen-bond donors (Lipinski definition) is 0. The third kappa shape index (κ3) is 3.14. The first-order valence-electron chi connectivity index (χ1n) is 5.94. The number of hydrogen-bond acceptors (Lipinski definition) is 3. The standard InChI is InChI=1S/C16H14O3/c1-19-11-12-7-9-14(10-8-12)16(18)15(17)13-5-3-2-4-6-13/h2-10H,11H2,1H3. The highest BCUT2D eigenvalue weighted by Crippen LogP contribution is 2.10. The summed E-state index contributed by atoms with van der Waals surface area (Å²) < 4.78 is 4.99. The van der Waals surface area contributed by atoms with Gasteiger partial charge in [-0.2, -0.15) is 0 Å². The maximum atomic E-state index is 12.0. The van der Waals surface area contributed by atoms with E-state index in [4.69, 9.17) is 4.74 Å². The average Bonchev–Trinajstić information content (AvgIpc) is 2.48. The Morgan fingerprint density at radius 1 is 0.842 bits per heavy atom. The van der Waals surface area contributed by atoms with Gasteiger partial charge in [-0.1, -0.05) is 54.6 Å². The van der Waals surface area contributed by atoms with E-state index in [0.29, 0.717) is 17.7 Å². The molecule has 0 spiro atoms. The van der Waals surface area contributed by atoms with Gasteiger partial charge in [0.05, 0.1) is 6.61 Å². The van der Waals surface area contributed by atoms with Gasteiger partial charge < -0.3 is 4.74 Å². The molecule has 0 aromatic heterocycles. The van der Waals surface area contributed by atoms with E-state index in [1.54, 1.807) is 61.7 Å². The average molecular weight is 254 g/mol. The molecule has 0 heterocycles. The van der Waals surface area contributed by atoms with Crippen molar-refractivity contribution in [3.8, 4) is 0 Å². The lowest BCUT2D eigenvalue weighted by Crippen LogP contribution is -2.14. The molecule has 2 aromatic rings. The first kappa shape index (κ1) is 13.2. The molecule has 0 aliphatic carbocycles. The van der Waals surface area contributed by atoms with Crippen LogP contribution in [0.5, 0.6) is 0 Å². The molecular weight excluding hydrogens is 240 g/mol. The fourth-order valence-electron chi connectivity index (χ4n) is 1.77. The Morgan fingerprint density at radius 3 is 1.89 bits per heavy atom. The van der Waals surface area contributed by atoms with E-state index in [1.807, 2.05) is 0 Å². The molecule has 0 radical (unpaired) electrons. The van der Waals surface area contributed by atoms with Crippen LogP contribution in [0.4, 0.5) is 0 Å². The summed E-state index contributed by atoms with van der Waals surface area (Å²) in [5, 5.41) is 0. The Balaban J connectivity index is 2.18. The molecule has 0 saturated carbocycles. The number of Topliss-reactive ketones (excluding diaryl/α,β-unsaturated/α-hetero) is 2. The molecule has 0 bridgehead atoms. The summed E-state index contributed by atoms with van der Waals surface area (Å²) in [7, 11) is 1.61. The molecule has 3 nitrogen and oxygen atoms in total. The van der Waals surface area contributed by atoms with Crippen molar-refractivity contribution in [1.82, 2.24) is 0 Å². The molecule has 0 N–H and O–H groups in total. The lowest BCUT2D eigenvalue weighted by Gasteiger charge is -2.03. The van der Waals surface area contributed by atoms with E-state index in [2.05, 4.69) is 0 Å². The van der Waals surface area contributed by atoms with E-state index in [9.17, 15) is 9.59 Å². The smallest absolute Gasteiger partial charge is 0.233 e. The Hall–Kier alpha value is -2.26. The molecule has 0 amide bonds. The third-order valence-corrected chi connectivity index (χ3v) is 2.77. The van der Waals surface area contributed by atoms with Gasteiger partial charge in [-0.3, -0.25) is 9.59 Å². The Morgan fingerprint density at radius 2 is 1.37 bits per heavy atom. The van der Waals surface area contributed by atoms with Crippen molar-refractivity contribution in [3.63, 3.8) is 0 Å². The molecule has 0 aliphatic heterocycles. The second kappa shape index (κ2) is 6.07. The van der Waals surface area contributed by atoms with Crippen molar-refractivity contribution in [3.05, 3.63) is 71.3 Å². The van der Waals surface area contributed by atoms with Crippen molar-refractivity contribution in [2.75, 3.05) is 7.11 Å². The predicted molar refractivity (Wildman–Crippen MR) is 72.3 cm³/mol. The number of ketones is 2. The summed E-state index contributed by atoms with van der Waals surface area (Å²) in [6, 6.07) is 15.4. The molecule has 19 heavy (non-hydrogen) atoms. The van der Waals surface area contributed by atoms with Crippen LogP contribution >= 0.6 is 0 Å². The van der Waals surface area contributed by atoms with Gasteiger partial charge in [0.2, 0.25) is 11.6 Å². The molecule has 0 fully saturated rings. The van der Waals surface area contributed by atoms with Gasteiger partial charge in [-0.25, -0.2) is 0 Å². The Kier molecular flexibility index (Phi) is 4.21. The first-order valence-corrected chi connectivity index (χ1v) is 5.94. The van der Waals surface area contributed by atoms with Gasteiger partial charge in [-0.05, 0) is 5.56 Å². The lowest BCUT2D eigenvalue weighted by atomic mass is 10.0. The molecule has 0 unspecified atom stereocenters. The number of rotatable bonds is 5. The number of carbonyl (C=O) groups excluding carboxylic acids is 2. The SMILES string of the molecule is COCc1ccc(C(=O)C(=O)c2ccccc2)cc1. The number of carbonyl (C=O) groups is 2. The van der Waals surface area contributed by atoms with Crippen LogP contribution in [0.2, 0.25) is 0 Å². The minimum absolute atomic E-state index is 0.397. The fraction of sp³-hybridized carbons (Fsp3) is 0.125. The van der Waals surface area contributed by atoms with E-state index in [1.165, 1.54) is 0 Å². The summed E-state index contributed by atoms with van der Waals surface area (Å²) in [5.74, 6) is -0.977. The van der Waals surface area contributed by atoms with Gasteiger partial charge in [0.1, 0.15) is 0 Å².